The van der Waals surface area contributed by atoms with Crippen molar-refractivity contribution in [2.45, 2.75) is 26.2 Å². The molecular weight excluding hydrogens is 84.1 g/mol. The van der Waals surface area contributed by atoms with Crippen LogP contribution in [-0.4, -0.2) is 0 Å². The molecule has 1 rings (SSSR count). The molecule has 0 heteroatoms. The average Bonchev–Trinajstić information content (AvgIpc) is 1.69. The second-order valence-electron chi connectivity index (χ2n) is 2.20. The summed E-state index contributed by atoms with van der Waals surface area (Å²) in [7, 11) is 0. The van der Waals surface area contributed by atoms with E-state index in [1.54, 1.807) is 0 Å². The summed E-state index contributed by atoms with van der Waals surface area (Å²) < 4.78 is 0. The Balaban J connectivity index is 2.39. The van der Waals surface area contributed by atoms with Crippen LogP contribution in [0.3, 0.4) is 0 Å². The smallest absolute Gasteiger partial charge is 0.0115 e. The molecular formula is C7H10. The summed E-state index contributed by atoms with van der Waals surface area (Å²) in [5, 5.41) is 0. The van der Waals surface area contributed by atoms with Crippen LogP contribution in [0.2, 0.25) is 0 Å². The average molecular weight is 94.2 g/mol. The maximum absolute atomic E-state index is 3.08. The largest absolute Gasteiger partial charge is 0.103 e. The molecule has 0 fully saturated rings. The van der Waals surface area contributed by atoms with Crippen molar-refractivity contribution in [2.75, 3.05) is 0 Å². The topological polar surface area (TPSA) is 0 Å². The molecule has 0 aromatic carbocycles. The van der Waals surface area contributed by atoms with Crippen LogP contribution < -0.4 is 0 Å². The molecule has 0 aromatic heterocycles. The Kier molecular flexibility index (Phi) is 1.36. The van der Waals surface area contributed by atoms with Crippen LogP contribution in [0.5, 0.6) is 0 Å². The third-order valence-electron chi connectivity index (χ3n) is 1.34. The van der Waals surface area contributed by atoms with Gasteiger partial charge in [-0.25, -0.2) is 0 Å². The van der Waals surface area contributed by atoms with Crippen LogP contribution in [0, 0.1) is 17.8 Å². The van der Waals surface area contributed by atoms with Gasteiger partial charge in [0, 0.05) is 12.8 Å². The first-order valence-corrected chi connectivity index (χ1v) is 2.85. The minimum Gasteiger partial charge on any atom is -0.103 e. The molecule has 0 aliphatic heterocycles. The van der Waals surface area contributed by atoms with Crippen molar-refractivity contribution in [1.29, 1.82) is 0 Å². The van der Waals surface area contributed by atoms with Crippen LogP contribution in [0.15, 0.2) is 0 Å². The fourth-order valence-corrected chi connectivity index (χ4v) is 0.755. The van der Waals surface area contributed by atoms with Crippen molar-refractivity contribution in [1.82, 2.24) is 0 Å². The van der Waals surface area contributed by atoms with E-state index < -0.39 is 0 Å². The molecule has 0 unspecified atom stereocenters. The van der Waals surface area contributed by atoms with Gasteiger partial charge in [-0.3, -0.25) is 0 Å². The highest BCUT2D eigenvalue weighted by Crippen LogP contribution is 2.11. The maximum atomic E-state index is 3.08. The van der Waals surface area contributed by atoms with Crippen molar-refractivity contribution < 1.29 is 0 Å². The second-order valence-corrected chi connectivity index (χ2v) is 2.20. The first-order valence-electron chi connectivity index (χ1n) is 2.85. The van der Waals surface area contributed by atoms with E-state index in [1.807, 2.05) is 0 Å². The lowest BCUT2D eigenvalue weighted by Gasteiger charge is -2.06. The zero-order chi connectivity index (χ0) is 5.11. The van der Waals surface area contributed by atoms with Crippen LogP contribution in [0.1, 0.15) is 26.2 Å². The molecule has 0 amide bonds. The summed E-state index contributed by atoms with van der Waals surface area (Å²) in [6, 6.07) is 0. The molecule has 0 bridgehead atoms. The minimum absolute atomic E-state index is 0.862. The molecule has 0 spiro atoms. The van der Waals surface area contributed by atoms with Gasteiger partial charge in [-0.15, -0.1) is 11.8 Å². The molecule has 0 N–H and O–H groups in total. The highest BCUT2D eigenvalue weighted by atomic mass is 14.0. The summed E-state index contributed by atoms with van der Waals surface area (Å²) in [5.74, 6) is 7.01. The van der Waals surface area contributed by atoms with Gasteiger partial charge in [-0.05, 0) is 12.3 Å². The SMILES string of the molecule is C[C@@H]1CC#CCC1. The third kappa shape index (κ3) is 1.23. The number of hydrogen-bond donors (Lipinski definition) is 0. The number of hydrogen-bond acceptors (Lipinski definition) is 0. The lowest BCUT2D eigenvalue weighted by atomic mass is 9.99. The van der Waals surface area contributed by atoms with Gasteiger partial charge < -0.3 is 0 Å². The summed E-state index contributed by atoms with van der Waals surface area (Å²) in [4.78, 5) is 0. The van der Waals surface area contributed by atoms with E-state index in [-0.39, 0.29) is 0 Å². The van der Waals surface area contributed by atoms with Crippen molar-refractivity contribution in [2.24, 2.45) is 5.92 Å². The molecule has 1 atom stereocenters. The molecule has 38 valence electrons. The van der Waals surface area contributed by atoms with Crippen LogP contribution >= 0.6 is 0 Å². The predicted molar refractivity (Wildman–Crippen MR) is 30.8 cm³/mol. The molecule has 0 aromatic rings. The van der Waals surface area contributed by atoms with Gasteiger partial charge in [0.05, 0.1) is 0 Å². The van der Waals surface area contributed by atoms with Gasteiger partial charge in [-0.1, -0.05) is 6.92 Å². The van der Waals surface area contributed by atoms with Gasteiger partial charge in [0.2, 0.25) is 0 Å². The molecule has 0 saturated carbocycles. The minimum atomic E-state index is 0.862. The van der Waals surface area contributed by atoms with Gasteiger partial charge in [-0.2, -0.15) is 0 Å². The standard InChI is InChI=1S/C7H10/c1-7-5-3-2-4-6-7/h7H,3,5-6H2,1H3/t7-/m0/s1. The summed E-state index contributed by atoms with van der Waals surface area (Å²) in [6.07, 6.45) is 3.56. The fourth-order valence-electron chi connectivity index (χ4n) is 0.755. The summed E-state index contributed by atoms with van der Waals surface area (Å²) >= 11 is 0. The highest BCUT2D eigenvalue weighted by molar-refractivity contribution is 5.03. The lowest BCUT2D eigenvalue weighted by Crippen LogP contribution is -1.95. The molecule has 0 heterocycles. The van der Waals surface area contributed by atoms with E-state index in [0.29, 0.717) is 0 Å². The van der Waals surface area contributed by atoms with E-state index in [4.69, 9.17) is 0 Å². The van der Waals surface area contributed by atoms with Crippen LogP contribution in [0.4, 0.5) is 0 Å². The van der Waals surface area contributed by atoms with Gasteiger partial charge in [0.25, 0.3) is 0 Å². The fraction of sp³-hybridized carbons (Fsp3) is 0.714. The molecule has 1 aliphatic carbocycles. The zero-order valence-electron chi connectivity index (χ0n) is 4.70. The van der Waals surface area contributed by atoms with Gasteiger partial charge in [0.1, 0.15) is 0 Å². The van der Waals surface area contributed by atoms with Crippen LogP contribution in [0.25, 0.3) is 0 Å². The Bertz CT molecular complexity index is 103. The Labute approximate surface area is 44.9 Å². The van der Waals surface area contributed by atoms with Crippen molar-refractivity contribution in [3.05, 3.63) is 0 Å². The van der Waals surface area contributed by atoms with Gasteiger partial charge >= 0.3 is 0 Å². The second kappa shape index (κ2) is 2.02. The monoisotopic (exact) mass is 94.1 g/mol. The van der Waals surface area contributed by atoms with E-state index in [2.05, 4.69) is 18.8 Å². The van der Waals surface area contributed by atoms with Crippen molar-refractivity contribution in [3.63, 3.8) is 0 Å². The quantitative estimate of drug-likeness (QED) is 0.401. The predicted octanol–water partition coefficient (Wildman–Crippen LogP) is 1.81. The summed E-state index contributed by atoms with van der Waals surface area (Å²) in [5.41, 5.74) is 0. The molecule has 0 saturated heterocycles. The Morgan fingerprint density at radius 1 is 1.43 bits per heavy atom. The van der Waals surface area contributed by atoms with Gasteiger partial charge in [0.15, 0.2) is 0 Å². The van der Waals surface area contributed by atoms with Crippen molar-refractivity contribution >= 4 is 0 Å². The summed E-state index contributed by atoms with van der Waals surface area (Å²) in [6.45, 7) is 2.26. The first-order chi connectivity index (χ1) is 3.39. The Morgan fingerprint density at radius 2 is 2.29 bits per heavy atom. The highest BCUT2D eigenvalue weighted by Gasteiger charge is 2.00. The van der Waals surface area contributed by atoms with E-state index in [0.717, 1.165) is 18.8 Å². The lowest BCUT2D eigenvalue weighted by molar-refractivity contribution is 0.546. The van der Waals surface area contributed by atoms with E-state index in [1.165, 1.54) is 6.42 Å². The van der Waals surface area contributed by atoms with E-state index >= 15 is 0 Å². The van der Waals surface area contributed by atoms with Crippen LogP contribution in [-0.2, 0) is 0 Å². The Hall–Kier alpha value is -0.440. The molecule has 0 radical (unpaired) electrons. The molecule has 0 nitrogen and oxygen atoms in total. The third-order valence-corrected chi connectivity index (χ3v) is 1.34. The Morgan fingerprint density at radius 3 is 2.57 bits per heavy atom. The van der Waals surface area contributed by atoms with Crippen molar-refractivity contribution in [3.8, 4) is 11.8 Å². The molecule has 1 aliphatic rings. The maximum Gasteiger partial charge on any atom is 0.0115 e. The van der Waals surface area contributed by atoms with E-state index in [9.17, 15) is 0 Å². The normalized spacial score (nSPS) is 28.4. The first kappa shape index (κ1) is 4.71. The zero-order valence-corrected chi connectivity index (χ0v) is 4.70. The molecule has 7 heavy (non-hydrogen) atoms. The number of rotatable bonds is 0.